The van der Waals surface area contributed by atoms with Crippen LogP contribution in [0.5, 0.6) is 0 Å². The molecule has 0 saturated heterocycles. The number of H-pyrrole nitrogens is 1. The SMILES string of the molecule is O=c1ccc2c([nH]1)CCC[C@@H]2NCc1ccccc1. The maximum atomic E-state index is 11.4. The van der Waals surface area contributed by atoms with Crippen LogP contribution in [0.15, 0.2) is 47.3 Å². The Bertz CT molecular complexity index is 604. The van der Waals surface area contributed by atoms with E-state index in [2.05, 4.69) is 34.6 Å². The molecule has 1 aliphatic rings. The van der Waals surface area contributed by atoms with Gasteiger partial charge in [-0.2, -0.15) is 0 Å². The van der Waals surface area contributed by atoms with Gasteiger partial charge in [-0.3, -0.25) is 4.79 Å². The van der Waals surface area contributed by atoms with Crippen LogP contribution in [0.2, 0.25) is 0 Å². The van der Waals surface area contributed by atoms with E-state index >= 15 is 0 Å². The average molecular weight is 254 g/mol. The van der Waals surface area contributed by atoms with Crippen LogP contribution < -0.4 is 10.9 Å². The normalized spacial score (nSPS) is 18.0. The van der Waals surface area contributed by atoms with Crippen molar-refractivity contribution in [3.63, 3.8) is 0 Å². The van der Waals surface area contributed by atoms with Crippen molar-refractivity contribution in [1.82, 2.24) is 10.3 Å². The van der Waals surface area contributed by atoms with E-state index < -0.39 is 0 Å². The highest BCUT2D eigenvalue weighted by Crippen LogP contribution is 2.27. The molecular formula is C16H18N2O. The van der Waals surface area contributed by atoms with E-state index in [-0.39, 0.29) is 5.56 Å². The van der Waals surface area contributed by atoms with Crippen molar-refractivity contribution in [2.24, 2.45) is 0 Å². The minimum atomic E-state index is 0.00228. The molecule has 1 atom stereocenters. The molecule has 0 bridgehead atoms. The summed E-state index contributed by atoms with van der Waals surface area (Å²) in [6, 6.07) is 14.3. The zero-order valence-electron chi connectivity index (χ0n) is 10.9. The minimum absolute atomic E-state index is 0.00228. The number of benzene rings is 1. The van der Waals surface area contributed by atoms with Gasteiger partial charge in [-0.15, -0.1) is 0 Å². The lowest BCUT2D eigenvalue weighted by Gasteiger charge is -2.26. The summed E-state index contributed by atoms with van der Waals surface area (Å²) in [4.78, 5) is 14.3. The van der Waals surface area contributed by atoms with E-state index in [0.29, 0.717) is 6.04 Å². The van der Waals surface area contributed by atoms with Gasteiger partial charge in [0.2, 0.25) is 5.56 Å². The molecule has 2 N–H and O–H groups in total. The average Bonchev–Trinajstić information content (AvgIpc) is 2.45. The van der Waals surface area contributed by atoms with E-state index in [1.165, 1.54) is 11.1 Å². The lowest BCUT2D eigenvalue weighted by molar-refractivity contribution is 0.453. The van der Waals surface area contributed by atoms with Crippen LogP contribution in [0.1, 0.15) is 35.7 Å². The number of hydrogen-bond donors (Lipinski definition) is 2. The summed E-state index contributed by atoms with van der Waals surface area (Å²) in [6.07, 6.45) is 3.24. The van der Waals surface area contributed by atoms with E-state index in [1.807, 2.05) is 12.1 Å². The molecule has 19 heavy (non-hydrogen) atoms. The first-order valence-electron chi connectivity index (χ1n) is 6.82. The lowest BCUT2D eigenvalue weighted by atomic mass is 9.91. The number of aromatic amines is 1. The molecule has 1 aliphatic carbocycles. The fourth-order valence-corrected chi connectivity index (χ4v) is 2.75. The highest BCUT2D eigenvalue weighted by atomic mass is 16.1. The Balaban J connectivity index is 1.75. The van der Waals surface area contributed by atoms with Gasteiger partial charge in [-0.05, 0) is 30.4 Å². The van der Waals surface area contributed by atoms with Crippen molar-refractivity contribution in [3.8, 4) is 0 Å². The molecule has 98 valence electrons. The predicted octanol–water partition coefficient (Wildman–Crippen LogP) is 2.54. The van der Waals surface area contributed by atoms with Crippen LogP contribution in [0.3, 0.4) is 0 Å². The highest BCUT2D eigenvalue weighted by Gasteiger charge is 2.19. The molecule has 0 spiro atoms. The van der Waals surface area contributed by atoms with E-state index in [4.69, 9.17) is 0 Å². The zero-order chi connectivity index (χ0) is 13.1. The number of rotatable bonds is 3. The van der Waals surface area contributed by atoms with Gasteiger partial charge in [-0.25, -0.2) is 0 Å². The first-order chi connectivity index (χ1) is 9.33. The highest BCUT2D eigenvalue weighted by molar-refractivity contribution is 5.26. The second kappa shape index (κ2) is 5.41. The number of aromatic nitrogens is 1. The third-order valence-corrected chi connectivity index (χ3v) is 3.73. The standard InChI is InChI=1S/C16H18N2O/c19-16-10-9-13-14(7-4-8-15(13)18-16)17-11-12-5-2-1-3-6-12/h1-3,5-6,9-10,14,17H,4,7-8,11H2,(H,18,19)/t14-/m0/s1. The third-order valence-electron chi connectivity index (χ3n) is 3.73. The summed E-state index contributed by atoms with van der Waals surface area (Å²) >= 11 is 0. The number of nitrogens with one attached hydrogen (secondary N) is 2. The molecule has 2 aromatic rings. The van der Waals surface area contributed by atoms with Crippen LogP contribution >= 0.6 is 0 Å². The summed E-state index contributed by atoms with van der Waals surface area (Å²) in [5, 5.41) is 3.59. The fourth-order valence-electron chi connectivity index (χ4n) is 2.75. The molecule has 0 unspecified atom stereocenters. The van der Waals surface area contributed by atoms with E-state index in [1.54, 1.807) is 6.07 Å². The van der Waals surface area contributed by atoms with Gasteiger partial charge in [0.25, 0.3) is 0 Å². The molecule has 0 fully saturated rings. The largest absolute Gasteiger partial charge is 0.326 e. The molecule has 0 radical (unpaired) electrons. The van der Waals surface area contributed by atoms with E-state index in [0.717, 1.165) is 31.5 Å². The smallest absolute Gasteiger partial charge is 0.248 e. The molecule has 0 amide bonds. The number of fused-ring (bicyclic) bond motifs is 1. The molecule has 3 heteroatoms. The first kappa shape index (κ1) is 12.2. The van der Waals surface area contributed by atoms with E-state index in [9.17, 15) is 4.79 Å². The molecular weight excluding hydrogens is 236 g/mol. The Morgan fingerprint density at radius 1 is 1.16 bits per heavy atom. The summed E-state index contributed by atoms with van der Waals surface area (Å²) in [5.41, 5.74) is 3.65. The van der Waals surface area contributed by atoms with Gasteiger partial charge in [0, 0.05) is 24.3 Å². The molecule has 1 aromatic carbocycles. The van der Waals surface area contributed by atoms with Gasteiger partial charge in [-0.1, -0.05) is 36.4 Å². The van der Waals surface area contributed by atoms with Crippen molar-refractivity contribution in [3.05, 3.63) is 69.6 Å². The topological polar surface area (TPSA) is 44.9 Å². The molecule has 0 saturated carbocycles. The summed E-state index contributed by atoms with van der Waals surface area (Å²) < 4.78 is 0. The quantitative estimate of drug-likeness (QED) is 0.884. The van der Waals surface area contributed by atoms with Gasteiger partial charge in [0.1, 0.15) is 0 Å². The van der Waals surface area contributed by atoms with Crippen molar-refractivity contribution < 1.29 is 0 Å². The predicted molar refractivity (Wildman–Crippen MR) is 76.0 cm³/mol. The number of pyridine rings is 1. The number of aryl methyl sites for hydroxylation is 1. The molecule has 3 rings (SSSR count). The second-order valence-electron chi connectivity index (χ2n) is 5.07. The number of hydrogen-bond acceptors (Lipinski definition) is 2. The van der Waals surface area contributed by atoms with Crippen LogP contribution in [0.25, 0.3) is 0 Å². The molecule has 1 aromatic heterocycles. The summed E-state index contributed by atoms with van der Waals surface area (Å²) in [7, 11) is 0. The van der Waals surface area contributed by atoms with Crippen LogP contribution in [0.4, 0.5) is 0 Å². The Kier molecular flexibility index (Phi) is 3.47. The molecule has 0 aliphatic heterocycles. The summed E-state index contributed by atoms with van der Waals surface area (Å²) in [5.74, 6) is 0. The van der Waals surface area contributed by atoms with Crippen molar-refractivity contribution in [2.75, 3.05) is 0 Å². The maximum absolute atomic E-state index is 11.4. The second-order valence-corrected chi connectivity index (χ2v) is 5.07. The maximum Gasteiger partial charge on any atom is 0.248 e. The van der Waals surface area contributed by atoms with Crippen molar-refractivity contribution in [2.45, 2.75) is 31.8 Å². The Morgan fingerprint density at radius 2 is 2.00 bits per heavy atom. The van der Waals surface area contributed by atoms with Gasteiger partial charge in [0.05, 0.1) is 0 Å². The minimum Gasteiger partial charge on any atom is -0.326 e. The Hall–Kier alpha value is -1.87. The third kappa shape index (κ3) is 2.76. The first-order valence-corrected chi connectivity index (χ1v) is 6.82. The van der Waals surface area contributed by atoms with Gasteiger partial charge >= 0.3 is 0 Å². The lowest BCUT2D eigenvalue weighted by Crippen LogP contribution is -2.27. The van der Waals surface area contributed by atoms with Crippen molar-refractivity contribution in [1.29, 1.82) is 0 Å². The zero-order valence-corrected chi connectivity index (χ0v) is 10.9. The van der Waals surface area contributed by atoms with Gasteiger partial charge in [0.15, 0.2) is 0 Å². The van der Waals surface area contributed by atoms with Crippen molar-refractivity contribution >= 4 is 0 Å². The van der Waals surface area contributed by atoms with Crippen LogP contribution in [-0.2, 0) is 13.0 Å². The monoisotopic (exact) mass is 254 g/mol. The Morgan fingerprint density at radius 3 is 2.84 bits per heavy atom. The summed E-state index contributed by atoms with van der Waals surface area (Å²) in [6.45, 7) is 0.865. The molecule has 1 heterocycles. The Labute approximate surface area is 112 Å². The van der Waals surface area contributed by atoms with Crippen LogP contribution in [-0.4, -0.2) is 4.98 Å². The van der Waals surface area contributed by atoms with Gasteiger partial charge < -0.3 is 10.3 Å². The fraction of sp³-hybridized carbons (Fsp3) is 0.312. The molecule has 3 nitrogen and oxygen atoms in total. The van der Waals surface area contributed by atoms with Crippen LogP contribution in [0, 0.1) is 0 Å².